The number of aryl methyl sites for hydroxylation is 1. The Morgan fingerprint density at radius 3 is 2.77 bits per heavy atom. The van der Waals surface area contributed by atoms with Crippen LogP contribution in [0.25, 0.3) is 11.0 Å². The van der Waals surface area contributed by atoms with Gasteiger partial charge in [0.2, 0.25) is 5.88 Å². The van der Waals surface area contributed by atoms with Crippen LogP contribution in [0.1, 0.15) is 63.0 Å². The highest BCUT2D eigenvalue weighted by atomic mass is 16.5. The molecular weight excluding hydrogens is 564 g/mol. The molecule has 0 unspecified atom stereocenters. The van der Waals surface area contributed by atoms with Crippen molar-refractivity contribution in [2.45, 2.75) is 69.4 Å². The third-order valence-corrected chi connectivity index (χ3v) is 9.08. The maximum Gasteiger partial charge on any atom is 0.305 e. The lowest BCUT2D eigenvalue weighted by Gasteiger charge is -2.57. The Kier molecular flexibility index (Phi) is 8.23. The Labute approximate surface area is 255 Å². The van der Waals surface area contributed by atoms with Crippen LogP contribution in [0.4, 0.5) is 11.6 Å². The van der Waals surface area contributed by atoms with Crippen molar-refractivity contribution in [2.75, 3.05) is 43.7 Å². The van der Waals surface area contributed by atoms with Crippen LogP contribution in [0, 0.1) is 11.3 Å². The summed E-state index contributed by atoms with van der Waals surface area (Å²) in [6.07, 6.45) is 7.44. The van der Waals surface area contributed by atoms with Gasteiger partial charge in [-0.25, -0.2) is 9.97 Å². The molecule has 44 heavy (non-hydrogen) atoms. The summed E-state index contributed by atoms with van der Waals surface area (Å²) in [6, 6.07) is 9.67. The minimum absolute atomic E-state index is 0.00156. The largest absolute Gasteiger partial charge is 0.480 e. The molecule has 3 fully saturated rings. The van der Waals surface area contributed by atoms with Crippen LogP contribution < -0.4 is 19.7 Å². The number of nitriles is 1. The number of carbonyl (C=O) groups excluding carboxylic acids is 2. The smallest absolute Gasteiger partial charge is 0.305 e. The number of aromatic nitrogens is 3. The van der Waals surface area contributed by atoms with Crippen LogP contribution in [0.15, 0.2) is 30.5 Å². The second kappa shape index (κ2) is 12.2. The highest BCUT2D eigenvalue weighted by molar-refractivity contribution is 5.94. The zero-order valence-electron chi connectivity index (χ0n) is 25.1. The van der Waals surface area contributed by atoms with E-state index in [1.54, 1.807) is 19.2 Å². The van der Waals surface area contributed by atoms with E-state index in [-0.39, 0.29) is 36.0 Å². The standard InChI is InChI=1S/C32H36N6O6/c1-3-41-28(40)5-4-16-42-27-9-6-23-29(37-27)22(21(17-33)18-34-23)10-11-32-14-12-31(13-15-32,20-44-32)38(2)25-8-7-24-30(35-25)36-26(39)19-43-24/h6-9,18H,3-5,10-16,19-20H2,1-2H3,(H,35,36,39). The SMILES string of the molecule is CCOC(=O)CCCOc1ccc2ncc(C#N)c(CCC34CCC(N(C)c5ccc6c(n5)NC(=O)CO6)(CC3)CO4)c2n1. The number of rotatable bonds is 11. The van der Waals surface area contributed by atoms with Gasteiger partial charge in [0.15, 0.2) is 18.2 Å². The van der Waals surface area contributed by atoms with Gasteiger partial charge >= 0.3 is 5.97 Å². The number of esters is 1. The van der Waals surface area contributed by atoms with Gasteiger partial charge in [-0.2, -0.15) is 5.26 Å². The lowest BCUT2D eigenvalue weighted by Crippen LogP contribution is -2.62. The number of nitrogens with one attached hydrogen (secondary N) is 1. The number of carbonyl (C=O) groups is 2. The molecule has 3 aromatic rings. The fourth-order valence-electron chi connectivity index (χ4n) is 6.39. The molecule has 0 radical (unpaired) electrons. The lowest BCUT2D eigenvalue weighted by molar-refractivity contribution is -0.156. The molecule has 6 heterocycles. The molecule has 7 rings (SSSR count). The van der Waals surface area contributed by atoms with Crippen molar-refractivity contribution in [2.24, 2.45) is 0 Å². The summed E-state index contributed by atoms with van der Waals surface area (Å²) < 4.78 is 22.9. The molecule has 3 aliphatic heterocycles. The molecule has 0 atom stereocenters. The Hall–Kier alpha value is -4.50. The fraction of sp³-hybridized carbons (Fsp3) is 0.500. The molecular formula is C32H36N6O6. The molecule has 2 saturated heterocycles. The minimum atomic E-state index is -0.281. The topological polar surface area (TPSA) is 149 Å². The maximum atomic E-state index is 11.8. The summed E-state index contributed by atoms with van der Waals surface area (Å²) in [7, 11) is 2.03. The van der Waals surface area contributed by atoms with Crippen LogP contribution in [0.3, 0.4) is 0 Å². The summed E-state index contributed by atoms with van der Waals surface area (Å²) in [5.74, 6) is 1.75. The second-order valence-electron chi connectivity index (χ2n) is 11.6. The van der Waals surface area contributed by atoms with Gasteiger partial charge < -0.3 is 29.2 Å². The Balaban J connectivity index is 1.12. The molecule has 12 heteroatoms. The van der Waals surface area contributed by atoms with Gasteiger partial charge in [-0.15, -0.1) is 0 Å². The fourth-order valence-corrected chi connectivity index (χ4v) is 6.39. The average molecular weight is 601 g/mol. The Morgan fingerprint density at radius 1 is 1.18 bits per heavy atom. The third-order valence-electron chi connectivity index (χ3n) is 9.08. The van der Waals surface area contributed by atoms with Gasteiger partial charge in [-0.05, 0) is 75.6 Å². The van der Waals surface area contributed by atoms with Gasteiger partial charge in [0.05, 0.1) is 47.6 Å². The number of hydrogen-bond donors (Lipinski definition) is 1. The van der Waals surface area contributed by atoms with E-state index in [0.717, 1.165) is 43.5 Å². The maximum absolute atomic E-state index is 11.8. The third kappa shape index (κ3) is 5.84. The van der Waals surface area contributed by atoms with Crippen LogP contribution in [0.5, 0.6) is 11.6 Å². The van der Waals surface area contributed by atoms with Gasteiger partial charge in [0, 0.05) is 25.7 Å². The molecule has 1 amide bonds. The number of anilines is 2. The van der Waals surface area contributed by atoms with Crippen molar-refractivity contribution >= 4 is 34.5 Å². The highest BCUT2D eigenvalue weighted by Crippen LogP contribution is 2.49. The number of fused-ring (bicyclic) bond motifs is 5. The van der Waals surface area contributed by atoms with E-state index in [1.807, 2.05) is 25.2 Å². The summed E-state index contributed by atoms with van der Waals surface area (Å²) in [6.45, 7) is 3.03. The van der Waals surface area contributed by atoms with Gasteiger partial charge in [-0.1, -0.05) is 0 Å². The summed E-state index contributed by atoms with van der Waals surface area (Å²) >= 11 is 0. The van der Waals surface area contributed by atoms with E-state index in [0.29, 0.717) is 66.7 Å². The van der Waals surface area contributed by atoms with Crippen molar-refractivity contribution in [1.29, 1.82) is 5.26 Å². The number of pyridine rings is 3. The number of amides is 1. The zero-order valence-corrected chi connectivity index (χ0v) is 25.1. The molecule has 1 N–H and O–H groups in total. The Bertz CT molecular complexity index is 1600. The van der Waals surface area contributed by atoms with Gasteiger partial charge in [0.1, 0.15) is 11.9 Å². The normalized spacial score (nSPS) is 22.0. The summed E-state index contributed by atoms with van der Waals surface area (Å²) in [5.41, 5.74) is 2.22. The first-order valence-corrected chi connectivity index (χ1v) is 15.1. The molecule has 12 nitrogen and oxygen atoms in total. The highest BCUT2D eigenvalue weighted by Gasteiger charge is 2.52. The van der Waals surface area contributed by atoms with E-state index in [2.05, 4.69) is 26.3 Å². The number of nitrogens with zero attached hydrogens (tertiary/aromatic N) is 5. The quantitative estimate of drug-likeness (QED) is 0.250. The molecule has 1 aliphatic carbocycles. The van der Waals surface area contributed by atoms with Crippen LogP contribution in [0.2, 0.25) is 0 Å². The predicted molar refractivity (Wildman–Crippen MR) is 161 cm³/mol. The Morgan fingerprint density at radius 2 is 2.02 bits per heavy atom. The van der Waals surface area contributed by atoms with E-state index < -0.39 is 0 Å². The molecule has 0 spiro atoms. The zero-order chi connectivity index (χ0) is 30.7. The van der Waals surface area contributed by atoms with Crippen LogP contribution in [-0.2, 0) is 25.5 Å². The number of ether oxygens (including phenoxy) is 4. The molecule has 3 aromatic heterocycles. The first kappa shape index (κ1) is 29.6. The van der Waals surface area contributed by atoms with Crippen LogP contribution >= 0.6 is 0 Å². The summed E-state index contributed by atoms with van der Waals surface area (Å²) in [4.78, 5) is 39.4. The predicted octanol–water partition coefficient (Wildman–Crippen LogP) is 4.10. The second-order valence-corrected chi connectivity index (χ2v) is 11.6. The van der Waals surface area contributed by atoms with E-state index in [4.69, 9.17) is 23.9 Å². The van der Waals surface area contributed by atoms with Crippen LogP contribution in [-0.4, -0.2) is 71.4 Å². The van der Waals surface area contributed by atoms with Gasteiger partial charge in [-0.3, -0.25) is 14.6 Å². The van der Waals surface area contributed by atoms with Crippen molar-refractivity contribution in [3.8, 4) is 17.7 Å². The molecule has 4 aliphatic rings. The van der Waals surface area contributed by atoms with E-state index in [1.165, 1.54) is 0 Å². The molecule has 230 valence electrons. The van der Waals surface area contributed by atoms with Gasteiger partial charge in [0.25, 0.3) is 5.91 Å². The molecule has 1 saturated carbocycles. The van der Waals surface area contributed by atoms with Crippen molar-refractivity contribution < 1.29 is 28.5 Å². The van der Waals surface area contributed by atoms with Crippen molar-refractivity contribution in [3.63, 3.8) is 0 Å². The van der Waals surface area contributed by atoms with E-state index in [9.17, 15) is 14.9 Å². The number of hydrogen-bond acceptors (Lipinski definition) is 11. The van der Waals surface area contributed by atoms with Crippen molar-refractivity contribution in [3.05, 3.63) is 41.6 Å². The lowest BCUT2D eigenvalue weighted by atomic mass is 9.68. The molecule has 0 aromatic carbocycles. The first-order chi connectivity index (χ1) is 21.3. The average Bonchev–Trinajstić information content (AvgIpc) is 3.05. The minimum Gasteiger partial charge on any atom is -0.480 e. The molecule has 2 bridgehead atoms. The first-order valence-electron chi connectivity index (χ1n) is 15.1. The summed E-state index contributed by atoms with van der Waals surface area (Å²) in [5, 5.41) is 12.7. The van der Waals surface area contributed by atoms with E-state index >= 15 is 0 Å². The van der Waals surface area contributed by atoms with Crippen molar-refractivity contribution in [1.82, 2.24) is 15.0 Å². The number of likely N-dealkylation sites (N-methyl/N-ethyl adjacent to an activating group) is 1. The monoisotopic (exact) mass is 600 g/mol.